The van der Waals surface area contributed by atoms with Gasteiger partial charge in [-0.3, -0.25) is 15.3 Å². The summed E-state index contributed by atoms with van der Waals surface area (Å²) in [4.78, 5) is 8.61. The van der Waals surface area contributed by atoms with E-state index in [0.717, 1.165) is 5.69 Å². The van der Waals surface area contributed by atoms with Crippen molar-refractivity contribution in [3.05, 3.63) is 96.1 Å². The fraction of sp³-hybridized carbons (Fsp3) is 0.158. The average molecular weight is 289 g/mol. The van der Waals surface area contributed by atoms with E-state index in [1.807, 2.05) is 48.9 Å². The van der Waals surface area contributed by atoms with E-state index < -0.39 is 0 Å². The molecule has 3 rings (SSSR count). The zero-order chi connectivity index (χ0) is 15.2. The Balaban J connectivity index is 1.90. The van der Waals surface area contributed by atoms with Crippen LogP contribution >= 0.6 is 0 Å². The molecule has 1 aromatic carbocycles. The molecule has 2 atom stereocenters. The van der Waals surface area contributed by atoms with E-state index in [-0.39, 0.29) is 12.1 Å². The lowest BCUT2D eigenvalue weighted by Crippen LogP contribution is -2.26. The van der Waals surface area contributed by atoms with E-state index in [4.69, 9.17) is 0 Å². The van der Waals surface area contributed by atoms with Gasteiger partial charge in [-0.1, -0.05) is 36.4 Å². The second-order valence-electron chi connectivity index (χ2n) is 5.27. The minimum absolute atomic E-state index is 0.0607. The summed E-state index contributed by atoms with van der Waals surface area (Å²) in [5.41, 5.74) is 3.45. The normalized spacial score (nSPS) is 13.5. The fourth-order valence-electron chi connectivity index (χ4n) is 2.54. The number of rotatable bonds is 5. The van der Waals surface area contributed by atoms with E-state index in [1.165, 1.54) is 11.1 Å². The third kappa shape index (κ3) is 3.38. The smallest absolute Gasteiger partial charge is 0.0756 e. The van der Waals surface area contributed by atoms with Crippen molar-refractivity contribution in [2.75, 3.05) is 0 Å². The van der Waals surface area contributed by atoms with Crippen LogP contribution in [0.2, 0.25) is 0 Å². The van der Waals surface area contributed by atoms with Crippen molar-refractivity contribution in [2.45, 2.75) is 19.0 Å². The molecule has 0 aliphatic carbocycles. The molecule has 0 aliphatic heterocycles. The average Bonchev–Trinajstić information content (AvgIpc) is 2.62. The van der Waals surface area contributed by atoms with Gasteiger partial charge >= 0.3 is 0 Å². The van der Waals surface area contributed by atoms with E-state index in [0.29, 0.717) is 0 Å². The molecule has 2 aromatic heterocycles. The molecule has 0 saturated carbocycles. The van der Waals surface area contributed by atoms with Gasteiger partial charge in [0.15, 0.2) is 0 Å². The number of hydrogen-bond acceptors (Lipinski definition) is 3. The molecule has 0 unspecified atom stereocenters. The summed E-state index contributed by atoms with van der Waals surface area (Å²) in [5.74, 6) is 0. The van der Waals surface area contributed by atoms with E-state index in [9.17, 15) is 0 Å². The molecular weight excluding hydrogens is 270 g/mol. The zero-order valence-electron chi connectivity index (χ0n) is 12.6. The number of nitrogens with zero attached hydrogens (tertiary/aromatic N) is 2. The maximum atomic E-state index is 4.53. The molecule has 1 N–H and O–H groups in total. The Hall–Kier alpha value is -2.52. The van der Waals surface area contributed by atoms with Crippen LogP contribution in [0.1, 0.15) is 35.8 Å². The molecule has 3 aromatic rings. The monoisotopic (exact) mass is 289 g/mol. The molecule has 0 fully saturated rings. The third-order valence-corrected chi connectivity index (χ3v) is 3.74. The highest BCUT2D eigenvalue weighted by atomic mass is 15.0. The molecule has 0 bridgehead atoms. The highest BCUT2D eigenvalue weighted by Gasteiger charge is 2.18. The fourth-order valence-corrected chi connectivity index (χ4v) is 2.54. The predicted octanol–water partition coefficient (Wildman–Crippen LogP) is 3.92. The summed E-state index contributed by atoms with van der Waals surface area (Å²) in [6.07, 6.45) is 5.49. The number of nitrogens with one attached hydrogen (secondary N) is 1. The van der Waals surface area contributed by atoms with E-state index in [2.05, 4.69) is 52.5 Å². The van der Waals surface area contributed by atoms with Crippen molar-refractivity contribution >= 4 is 0 Å². The molecule has 0 spiro atoms. The van der Waals surface area contributed by atoms with Gasteiger partial charge in [0.2, 0.25) is 0 Å². The topological polar surface area (TPSA) is 37.8 Å². The van der Waals surface area contributed by atoms with Gasteiger partial charge in [-0.2, -0.15) is 0 Å². The van der Waals surface area contributed by atoms with Crippen molar-refractivity contribution in [2.24, 2.45) is 0 Å². The van der Waals surface area contributed by atoms with Crippen LogP contribution in [-0.2, 0) is 0 Å². The summed E-state index contributed by atoms with van der Waals surface area (Å²) >= 11 is 0. The molecule has 3 nitrogen and oxygen atoms in total. The molecule has 2 heterocycles. The van der Waals surface area contributed by atoms with Gasteiger partial charge < -0.3 is 0 Å². The molecule has 3 heteroatoms. The lowest BCUT2D eigenvalue weighted by molar-refractivity contribution is 0.508. The van der Waals surface area contributed by atoms with Crippen molar-refractivity contribution in [3.63, 3.8) is 0 Å². The summed E-state index contributed by atoms with van der Waals surface area (Å²) < 4.78 is 0. The third-order valence-electron chi connectivity index (χ3n) is 3.74. The summed E-state index contributed by atoms with van der Waals surface area (Å²) in [6.45, 7) is 2.16. The van der Waals surface area contributed by atoms with Crippen molar-refractivity contribution in [1.29, 1.82) is 0 Å². The van der Waals surface area contributed by atoms with Crippen LogP contribution in [0.3, 0.4) is 0 Å². The van der Waals surface area contributed by atoms with Crippen LogP contribution in [0.5, 0.6) is 0 Å². The van der Waals surface area contributed by atoms with Crippen LogP contribution in [0.4, 0.5) is 0 Å². The second kappa shape index (κ2) is 6.96. The largest absolute Gasteiger partial charge is 0.298 e. The number of pyridine rings is 2. The maximum Gasteiger partial charge on any atom is 0.0756 e. The second-order valence-corrected chi connectivity index (χ2v) is 5.27. The minimum Gasteiger partial charge on any atom is -0.298 e. The van der Waals surface area contributed by atoms with Gasteiger partial charge in [-0.05, 0) is 42.3 Å². The van der Waals surface area contributed by atoms with Crippen LogP contribution in [0, 0.1) is 0 Å². The number of hydrogen-bond donors (Lipinski definition) is 1. The Kier molecular flexibility index (Phi) is 4.56. The minimum atomic E-state index is 0.0607. The van der Waals surface area contributed by atoms with Gasteiger partial charge in [-0.15, -0.1) is 0 Å². The maximum absolute atomic E-state index is 4.53. The molecule has 0 aliphatic rings. The molecule has 0 radical (unpaired) electrons. The number of benzene rings is 1. The predicted molar refractivity (Wildman–Crippen MR) is 88.3 cm³/mol. The Morgan fingerprint density at radius 1 is 0.773 bits per heavy atom. The quantitative estimate of drug-likeness (QED) is 0.773. The molecule has 0 saturated heterocycles. The Labute approximate surface area is 131 Å². The first kappa shape index (κ1) is 14.4. The Morgan fingerprint density at radius 3 is 2.18 bits per heavy atom. The van der Waals surface area contributed by atoms with Crippen LogP contribution in [-0.4, -0.2) is 9.97 Å². The number of aromatic nitrogens is 2. The van der Waals surface area contributed by atoms with Crippen LogP contribution in [0.15, 0.2) is 79.3 Å². The highest BCUT2D eigenvalue weighted by molar-refractivity contribution is 5.28. The first-order valence-corrected chi connectivity index (χ1v) is 7.46. The zero-order valence-corrected chi connectivity index (χ0v) is 12.6. The molecular formula is C19H19N3. The van der Waals surface area contributed by atoms with E-state index in [1.54, 1.807) is 0 Å². The lowest BCUT2D eigenvalue weighted by atomic mass is 10.0. The van der Waals surface area contributed by atoms with E-state index >= 15 is 0 Å². The SMILES string of the molecule is C[C@H](N[C@H](c1ccccc1)c1ccccn1)c1ccncc1. The first-order chi connectivity index (χ1) is 10.8. The van der Waals surface area contributed by atoms with Gasteiger partial charge in [0.25, 0.3) is 0 Å². The molecule has 110 valence electrons. The van der Waals surface area contributed by atoms with Crippen LogP contribution < -0.4 is 5.32 Å². The Morgan fingerprint density at radius 2 is 1.50 bits per heavy atom. The Bertz CT molecular complexity index is 644. The summed E-state index contributed by atoms with van der Waals surface area (Å²) in [6, 6.07) is 20.8. The van der Waals surface area contributed by atoms with Crippen molar-refractivity contribution < 1.29 is 0 Å². The lowest BCUT2D eigenvalue weighted by Gasteiger charge is -2.23. The van der Waals surface area contributed by atoms with Gasteiger partial charge in [0.05, 0.1) is 11.7 Å². The molecule has 22 heavy (non-hydrogen) atoms. The van der Waals surface area contributed by atoms with Gasteiger partial charge in [0, 0.05) is 24.6 Å². The first-order valence-electron chi connectivity index (χ1n) is 7.46. The van der Waals surface area contributed by atoms with Crippen molar-refractivity contribution in [1.82, 2.24) is 15.3 Å². The summed E-state index contributed by atoms with van der Waals surface area (Å²) in [7, 11) is 0. The standard InChI is InChI=1S/C19H19N3/c1-15(16-10-13-20-14-11-16)22-19(17-7-3-2-4-8-17)18-9-5-6-12-21-18/h2-15,19,22H,1H3/t15-,19+/m0/s1. The van der Waals surface area contributed by atoms with Gasteiger partial charge in [0.1, 0.15) is 0 Å². The molecule has 0 amide bonds. The van der Waals surface area contributed by atoms with Crippen LogP contribution in [0.25, 0.3) is 0 Å². The highest BCUT2D eigenvalue weighted by Crippen LogP contribution is 2.24. The summed E-state index contributed by atoms with van der Waals surface area (Å²) in [5, 5.41) is 3.68. The van der Waals surface area contributed by atoms with Crippen molar-refractivity contribution in [3.8, 4) is 0 Å². The van der Waals surface area contributed by atoms with Gasteiger partial charge in [-0.25, -0.2) is 0 Å².